The Morgan fingerprint density at radius 3 is 2.58 bits per heavy atom. The average Bonchev–Trinajstić information content (AvgIpc) is 2.36. The molecule has 0 aliphatic carbocycles. The van der Waals surface area contributed by atoms with Crippen molar-refractivity contribution in [2.75, 3.05) is 45.7 Å². The van der Waals surface area contributed by atoms with Crippen molar-refractivity contribution >= 4 is 17.4 Å². The summed E-state index contributed by atoms with van der Waals surface area (Å²) in [7, 11) is 6.14. The van der Waals surface area contributed by atoms with Crippen molar-refractivity contribution in [3.05, 3.63) is 22.8 Å². The minimum atomic E-state index is 0.719. The number of halogens is 1. The molecule has 0 bridgehead atoms. The minimum Gasteiger partial charge on any atom is -0.357 e. The maximum atomic E-state index is 6.31. The van der Waals surface area contributed by atoms with Gasteiger partial charge >= 0.3 is 0 Å². The lowest BCUT2D eigenvalue weighted by atomic mass is 10.2. The number of pyridine rings is 1. The maximum absolute atomic E-state index is 6.31. The van der Waals surface area contributed by atoms with E-state index in [0.717, 1.165) is 49.0 Å². The van der Waals surface area contributed by atoms with Crippen LogP contribution >= 0.6 is 11.6 Å². The van der Waals surface area contributed by atoms with Gasteiger partial charge in [0.2, 0.25) is 0 Å². The van der Waals surface area contributed by atoms with Gasteiger partial charge in [-0.25, -0.2) is 4.98 Å². The lowest BCUT2D eigenvalue weighted by molar-refractivity contribution is 0.416. The van der Waals surface area contributed by atoms with Crippen LogP contribution in [0.25, 0.3) is 0 Å². The first kappa shape index (κ1) is 16.2. The van der Waals surface area contributed by atoms with Crippen molar-refractivity contribution in [2.24, 2.45) is 0 Å². The van der Waals surface area contributed by atoms with Crippen LogP contribution in [-0.2, 0) is 6.54 Å². The summed E-state index contributed by atoms with van der Waals surface area (Å²) in [5, 5.41) is 4.07. The molecule has 0 spiro atoms. The van der Waals surface area contributed by atoms with Crippen LogP contribution < -0.4 is 10.2 Å². The summed E-state index contributed by atoms with van der Waals surface area (Å²) in [6.45, 7) is 5.88. The molecule has 0 radical (unpaired) electrons. The number of nitrogens with one attached hydrogen (secondary N) is 1. The summed E-state index contributed by atoms with van der Waals surface area (Å²) in [6.07, 6.45) is 3.03. The van der Waals surface area contributed by atoms with Crippen LogP contribution in [0.1, 0.15) is 18.9 Å². The van der Waals surface area contributed by atoms with Crippen LogP contribution in [0.4, 0.5) is 5.82 Å². The van der Waals surface area contributed by atoms with E-state index in [-0.39, 0.29) is 0 Å². The summed E-state index contributed by atoms with van der Waals surface area (Å²) in [6, 6.07) is 2.00. The Hall–Kier alpha value is -0.840. The summed E-state index contributed by atoms with van der Waals surface area (Å²) >= 11 is 6.31. The average molecular weight is 285 g/mol. The Morgan fingerprint density at radius 2 is 2.00 bits per heavy atom. The maximum Gasteiger partial charge on any atom is 0.147 e. The number of nitrogens with zero attached hydrogens (tertiary/aromatic N) is 3. The number of rotatable bonds is 8. The van der Waals surface area contributed by atoms with Crippen molar-refractivity contribution in [3.63, 3.8) is 0 Å². The lowest BCUT2D eigenvalue weighted by Crippen LogP contribution is -2.29. The van der Waals surface area contributed by atoms with E-state index in [2.05, 4.69) is 41.1 Å². The molecular formula is C14H25ClN4. The van der Waals surface area contributed by atoms with Gasteiger partial charge < -0.3 is 15.1 Å². The fraction of sp³-hybridized carbons (Fsp3) is 0.643. The van der Waals surface area contributed by atoms with E-state index in [0.29, 0.717) is 0 Å². The van der Waals surface area contributed by atoms with E-state index < -0.39 is 0 Å². The van der Waals surface area contributed by atoms with Crippen molar-refractivity contribution in [3.8, 4) is 0 Å². The zero-order valence-electron chi connectivity index (χ0n) is 12.4. The minimum absolute atomic E-state index is 0.719. The number of likely N-dealkylation sites (N-methyl/N-ethyl adjacent to an activating group) is 2. The fourth-order valence-electron chi connectivity index (χ4n) is 1.71. The van der Waals surface area contributed by atoms with Crippen LogP contribution in [0.3, 0.4) is 0 Å². The third-order valence-electron chi connectivity index (χ3n) is 2.88. The van der Waals surface area contributed by atoms with E-state index in [9.17, 15) is 0 Å². The van der Waals surface area contributed by atoms with Gasteiger partial charge in [-0.1, -0.05) is 18.5 Å². The molecule has 1 aromatic rings. The number of hydrogen-bond acceptors (Lipinski definition) is 4. The smallest absolute Gasteiger partial charge is 0.147 e. The Morgan fingerprint density at radius 1 is 1.26 bits per heavy atom. The van der Waals surface area contributed by atoms with Gasteiger partial charge in [-0.15, -0.1) is 0 Å². The van der Waals surface area contributed by atoms with Crippen LogP contribution in [0.2, 0.25) is 5.02 Å². The summed E-state index contributed by atoms with van der Waals surface area (Å²) in [5.41, 5.74) is 1.13. The fourth-order valence-corrected chi connectivity index (χ4v) is 2.05. The molecule has 0 amide bonds. The zero-order valence-corrected chi connectivity index (χ0v) is 13.2. The van der Waals surface area contributed by atoms with Crippen molar-refractivity contribution in [1.82, 2.24) is 15.2 Å². The topological polar surface area (TPSA) is 31.4 Å². The highest BCUT2D eigenvalue weighted by atomic mass is 35.5. The molecular weight excluding hydrogens is 260 g/mol. The molecule has 1 N–H and O–H groups in total. The van der Waals surface area contributed by atoms with Gasteiger partial charge in [-0.05, 0) is 38.7 Å². The molecule has 0 aliphatic heterocycles. The largest absolute Gasteiger partial charge is 0.357 e. The number of anilines is 1. The van der Waals surface area contributed by atoms with Crippen LogP contribution in [0.15, 0.2) is 12.3 Å². The molecule has 19 heavy (non-hydrogen) atoms. The third-order valence-corrected chi connectivity index (χ3v) is 3.16. The van der Waals surface area contributed by atoms with Gasteiger partial charge in [0.15, 0.2) is 0 Å². The van der Waals surface area contributed by atoms with Gasteiger partial charge in [0.05, 0.1) is 5.02 Å². The first-order chi connectivity index (χ1) is 9.04. The summed E-state index contributed by atoms with van der Waals surface area (Å²) in [4.78, 5) is 8.71. The van der Waals surface area contributed by atoms with Crippen LogP contribution in [0.5, 0.6) is 0 Å². The molecule has 0 fully saturated rings. The molecule has 1 rings (SSSR count). The molecule has 0 saturated carbocycles. The molecule has 108 valence electrons. The Bertz CT molecular complexity index is 382. The van der Waals surface area contributed by atoms with Crippen LogP contribution in [0, 0.1) is 0 Å². The zero-order chi connectivity index (χ0) is 14.3. The Labute approximate surface area is 121 Å². The number of aromatic nitrogens is 1. The molecule has 0 saturated heterocycles. The Kier molecular flexibility index (Phi) is 7.13. The summed E-state index contributed by atoms with van der Waals surface area (Å²) < 4.78 is 0. The van der Waals surface area contributed by atoms with Crippen molar-refractivity contribution < 1.29 is 0 Å². The van der Waals surface area contributed by atoms with Crippen molar-refractivity contribution in [2.45, 2.75) is 19.9 Å². The van der Waals surface area contributed by atoms with Gasteiger partial charge in [0, 0.05) is 32.9 Å². The second kappa shape index (κ2) is 8.35. The van der Waals surface area contributed by atoms with Crippen molar-refractivity contribution in [1.29, 1.82) is 0 Å². The van der Waals surface area contributed by atoms with E-state index in [1.807, 2.05) is 19.3 Å². The third kappa shape index (κ3) is 5.76. The molecule has 1 heterocycles. The van der Waals surface area contributed by atoms with E-state index in [1.54, 1.807) is 0 Å². The first-order valence-corrected chi connectivity index (χ1v) is 7.13. The summed E-state index contributed by atoms with van der Waals surface area (Å²) in [5.74, 6) is 0.850. The molecule has 5 heteroatoms. The first-order valence-electron chi connectivity index (χ1n) is 6.75. The molecule has 4 nitrogen and oxygen atoms in total. The van der Waals surface area contributed by atoms with Gasteiger partial charge in [0.25, 0.3) is 0 Å². The Balaban J connectivity index is 2.60. The van der Waals surface area contributed by atoms with E-state index in [4.69, 9.17) is 11.6 Å². The SMILES string of the molecule is CCCNCc1cnc(N(C)CCN(C)C)c(Cl)c1. The lowest BCUT2D eigenvalue weighted by Gasteiger charge is -2.21. The second-order valence-electron chi connectivity index (χ2n) is 5.05. The van der Waals surface area contributed by atoms with Crippen LogP contribution in [-0.4, -0.2) is 50.7 Å². The highest BCUT2D eigenvalue weighted by Gasteiger charge is 2.08. The highest BCUT2D eigenvalue weighted by Crippen LogP contribution is 2.22. The van der Waals surface area contributed by atoms with Gasteiger partial charge in [-0.3, -0.25) is 0 Å². The predicted molar refractivity (Wildman–Crippen MR) is 83.1 cm³/mol. The second-order valence-corrected chi connectivity index (χ2v) is 5.46. The highest BCUT2D eigenvalue weighted by molar-refractivity contribution is 6.33. The van der Waals surface area contributed by atoms with Gasteiger partial charge in [0.1, 0.15) is 5.82 Å². The standard InChI is InChI=1S/C14H25ClN4/c1-5-6-16-10-12-9-13(15)14(17-11-12)19(4)8-7-18(2)3/h9,11,16H,5-8,10H2,1-4H3. The van der Waals surface area contributed by atoms with E-state index >= 15 is 0 Å². The number of hydrogen-bond donors (Lipinski definition) is 1. The quantitative estimate of drug-likeness (QED) is 0.742. The normalized spacial score (nSPS) is 11.1. The molecule has 0 unspecified atom stereocenters. The predicted octanol–water partition coefficient (Wildman–Crippen LogP) is 2.23. The molecule has 0 aromatic carbocycles. The monoisotopic (exact) mass is 284 g/mol. The van der Waals surface area contributed by atoms with Gasteiger partial charge in [-0.2, -0.15) is 0 Å². The van der Waals surface area contributed by atoms with E-state index in [1.165, 1.54) is 0 Å². The molecule has 0 atom stereocenters. The molecule has 0 aliphatic rings. The molecule has 1 aromatic heterocycles.